The van der Waals surface area contributed by atoms with Gasteiger partial charge in [-0.15, -0.1) is 0 Å². The zero-order valence-electron chi connectivity index (χ0n) is 15.0. The molecule has 2 fully saturated rings. The van der Waals surface area contributed by atoms with Gasteiger partial charge in [0.25, 0.3) is 0 Å². The molecular weight excluding hydrogens is 328 g/mol. The van der Waals surface area contributed by atoms with Gasteiger partial charge in [-0.2, -0.15) is 0 Å². The van der Waals surface area contributed by atoms with Crippen molar-refractivity contribution in [2.24, 2.45) is 0 Å². The highest BCUT2D eigenvalue weighted by Gasteiger charge is 2.29. The number of ether oxygens (including phenoxy) is 1. The Kier molecular flexibility index (Phi) is 7.34. The lowest BCUT2D eigenvalue weighted by atomic mass is 9.95. The fourth-order valence-corrected chi connectivity index (χ4v) is 4.75. The molecule has 1 heterocycles. The number of likely N-dealkylation sites (tertiary alicyclic amines) is 1. The highest BCUT2D eigenvalue weighted by Crippen LogP contribution is 2.24. The number of amides is 2. The van der Waals surface area contributed by atoms with Crippen LogP contribution in [-0.4, -0.2) is 62.7 Å². The van der Waals surface area contributed by atoms with Crippen LogP contribution in [0.5, 0.6) is 0 Å². The lowest BCUT2D eigenvalue weighted by Crippen LogP contribution is -2.47. The molecule has 6 nitrogen and oxygen atoms in total. The van der Waals surface area contributed by atoms with Crippen LogP contribution in [0.2, 0.25) is 0 Å². The molecule has 1 N–H and O–H groups in total. The summed E-state index contributed by atoms with van der Waals surface area (Å²) in [5.41, 5.74) is 0. The number of nitrogens with one attached hydrogen (secondary N) is 1. The summed E-state index contributed by atoms with van der Waals surface area (Å²) < 4.78 is 29.0. The van der Waals surface area contributed by atoms with E-state index in [-0.39, 0.29) is 23.4 Å². The lowest BCUT2D eigenvalue weighted by Gasteiger charge is -2.30. The van der Waals surface area contributed by atoms with Crippen molar-refractivity contribution >= 4 is 15.9 Å². The Bertz CT molecular complexity index is 501. The molecular formula is C17H32N2O4S. The van der Waals surface area contributed by atoms with Crippen molar-refractivity contribution in [3.8, 4) is 0 Å². The van der Waals surface area contributed by atoms with Gasteiger partial charge in [-0.1, -0.05) is 6.92 Å². The van der Waals surface area contributed by atoms with Gasteiger partial charge in [0.2, 0.25) is 0 Å². The molecule has 2 rings (SSSR count). The van der Waals surface area contributed by atoms with Crippen LogP contribution in [0.1, 0.15) is 58.3 Å². The largest absolute Gasteiger partial charge is 0.378 e. The summed E-state index contributed by atoms with van der Waals surface area (Å²) in [5.74, 6) is 0. The monoisotopic (exact) mass is 360 g/mol. The summed E-state index contributed by atoms with van der Waals surface area (Å²) >= 11 is 0. The molecule has 2 amide bonds. The molecule has 1 aliphatic carbocycles. The van der Waals surface area contributed by atoms with E-state index < -0.39 is 9.84 Å². The highest BCUT2D eigenvalue weighted by atomic mass is 32.2. The van der Waals surface area contributed by atoms with Gasteiger partial charge in [-0.3, -0.25) is 0 Å². The molecule has 0 bridgehead atoms. The minimum absolute atomic E-state index is 0.00560. The molecule has 0 aromatic heterocycles. The summed E-state index contributed by atoms with van der Waals surface area (Å²) in [6.07, 6.45) is 8.29. The van der Waals surface area contributed by atoms with Gasteiger partial charge in [0.15, 0.2) is 0 Å². The van der Waals surface area contributed by atoms with E-state index in [9.17, 15) is 13.2 Å². The van der Waals surface area contributed by atoms with Crippen molar-refractivity contribution in [3.63, 3.8) is 0 Å². The van der Waals surface area contributed by atoms with E-state index in [4.69, 9.17) is 4.74 Å². The van der Waals surface area contributed by atoms with Crippen molar-refractivity contribution in [1.29, 1.82) is 0 Å². The van der Waals surface area contributed by atoms with Crippen LogP contribution in [0.15, 0.2) is 0 Å². The standard InChI is InChI=1S/C17H32N2O4S/c1-3-13-23-15-5-4-11-19(12-10-15)17(20)18-14-6-8-16(9-7-14)24(2,21)22/h14-16H,3-13H2,1-2H3,(H,18,20). The second-order valence-electron chi connectivity index (χ2n) is 7.16. The lowest BCUT2D eigenvalue weighted by molar-refractivity contribution is 0.0445. The van der Waals surface area contributed by atoms with Crippen molar-refractivity contribution < 1.29 is 17.9 Å². The third-order valence-corrected chi connectivity index (χ3v) is 6.81. The number of sulfone groups is 1. The second kappa shape index (κ2) is 9.04. The quantitative estimate of drug-likeness (QED) is 0.816. The van der Waals surface area contributed by atoms with E-state index in [1.165, 1.54) is 6.26 Å². The fraction of sp³-hybridized carbons (Fsp3) is 0.941. The first kappa shape index (κ1) is 19.5. The Morgan fingerprint density at radius 1 is 1.12 bits per heavy atom. The first-order valence-corrected chi connectivity index (χ1v) is 11.2. The number of rotatable bonds is 5. The second-order valence-corrected chi connectivity index (χ2v) is 9.49. The summed E-state index contributed by atoms with van der Waals surface area (Å²) in [4.78, 5) is 14.4. The zero-order valence-corrected chi connectivity index (χ0v) is 15.8. The van der Waals surface area contributed by atoms with Gasteiger partial charge >= 0.3 is 6.03 Å². The molecule has 0 aromatic carbocycles. The minimum Gasteiger partial charge on any atom is -0.378 e. The number of hydrogen-bond acceptors (Lipinski definition) is 4. The van der Waals surface area contributed by atoms with Crippen molar-refractivity contribution in [3.05, 3.63) is 0 Å². The molecule has 1 saturated carbocycles. The van der Waals surface area contributed by atoms with Crippen LogP contribution in [-0.2, 0) is 14.6 Å². The summed E-state index contributed by atoms with van der Waals surface area (Å²) in [6, 6.07) is 0.0971. The molecule has 0 spiro atoms. The summed E-state index contributed by atoms with van der Waals surface area (Å²) in [5, 5.41) is 2.86. The molecule has 0 aromatic rings. The van der Waals surface area contributed by atoms with E-state index in [0.29, 0.717) is 12.8 Å². The Labute approximate surface area is 146 Å². The predicted octanol–water partition coefficient (Wildman–Crippen LogP) is 2.33. The van der Waals surface area contributed by atoms with Crippen LogP contribution >= 0.6 is 0 Å². The van der Waals surface area contributed by atoms with Crippen LogP contribution < -0.4 is 5.32 Å². The SMILES string of the molecule is CCCOC1CCCN(C(=O)NC2CCC(S(C)(=O)=O)CC2)CC1. The number of carbonyl (C=O) groups is 1. The maximum Gasteiger partial charge on any atom is 0.317 e. The van der Waals surface area contributed by atoms with Crippen LogP contribution in [0.3, 0.4) is 0 Å². The molecule has 140 valence electrons. The first-order valence-electron chi connectivity index (χ1n) is 9.26. The zero-order chi connectivity index (χ0) is 17.6. The Morgan fingerprint density at radius 3 is 2.46 bits per heavy atom. The highest BCUT2D eigenvalue weighted by molar-refractivity contribution is 7.91. The molecule has 0 radical (unpaired) electrons. The molecule has 2 aliphatic rings. The van der Waals surface area contributed by atoms with Gasteiger partial charge in [-0.25, -0.2) is 13.2 Å². The van der Waals surface area contributed by atoms with Crippen LogP contribution in [0, 0.1) is 0 Å². The molecule has 1 aliphatic heterocycles. The number of carbonyl (C=O) groups excluding carboxylic acids is 1. The maximum atomic E-state index is 12.5. The molecule has 24 heavy (non-hydrogen) atoms. The van der Waals surface area contributed by atoms with Crippen LogP contribution in [0.25, 0.3) is 0 Å². The van der Waals surface area contributed by atoms with Gasteiger partial charge in [-0.05, 0) is 51.4 Å². The molecule has 1 unspecified atom stereocenters. The first-order chi connectivity index (χ1) is 11.4. The molecule has 1 atom stereocenters. The third kappa shape index (κ3) is 5.92. The average molecular weight is 361 g/mol. The van der Waals surface area contributed by atoms with E-state index in [2.05, 4.69) is 12.2 Å². The smallest absolute Gasteiger partial charge is 0.317 e. The summed E-state index contributed by atoms with van der Waals surface area (Å²) in [7, 11) is -2.95. The summed E-state index contributed by atoms with van der Waals surface area (Å²) in [6.45, 7) is 4.41. The molecule has 1 saturated heterocycles. The van der Waals surface area contributed by atoms with E-state index in [1.54, 1.807) is 0 Å². The van der Waals surface area contributed by atoms with E-state index >= 15 is 0 Å². The van der Waals surface area contributed by atoms with Gasteiger partial charge in [0.1, 0.15) is 9.84 Å². The minimum atomic E-state index is -2.95. The van der Waals surface area contributed by atoms with Gasteiger partial charge < -0.3 is 15.0 Å². The third-order valence-electron chi connectivity index (χ3n) is 5.13. The Balaban J connectivity index is 1.75. The van der Waals surface area contributed by atoms with Gasteiger partial charge in [0.05, 0.1) is 11.4 Å². The number of urea groups is 1. The number of hydrogen-bond donors (Lipinski definition) is 1. The average Bonchev–Trinajstić information content (AvgIpc) is 2.78. The predicted molar refractivity (Wildman–Crippen MR) is 94.9 cm³/mol. The van der Waals surface area contributed by atoms with Gasteiger partial charge in [0, 0.05) is 32.0 Å². The maximum absolute atomic E-state index is 12.5. The fourth-order valence-electron chi connectivity index (χ4n) is 3.62. The van der Waals surface area contributed by atoms with Crippen LogP contribution in [0.4, 0.5) is 4.79 Å². The Hall–Kier alpha value is -0.820. The van der Waals surface area contributed by atoms with Crippen molar-refractivity contribution in [2.45, 2.75) is 75.7 Å². The van der Waals surface area contributed by atoms with Crippen molar-refractivity contribution in [1.82, 2.24) is 10.2 Å². The van der Waals surface area contributed by atoms with Crippen molar-refractivity contribution in [2.75, 3.05) is 26.0 Å². The topological polar surface area (TPSA) is 75.7 Å². The number of nitrogens with zero attached hydrogens (tertiary/aromatic N) is 1. The van der Waals surface area contributed by atoms with E-state index in [0.717, 1.165) is 58.2 Å². The Morgan fingerprint density at radius 2 is 1.83 bits per heavy atom. The normalized spacial score (nSPS) is 29.1. The molecule has 7 heteroatoms. The van der Waals surface area contributed by atoms with E-state index in [1.807, 2.05) is 4.90 Å².